The largest absolute Gasteiger partial charge is 1.00 e. The number of hydrogen-bond donors (Lipinski definition) is 4. The summed E-state index contributed by atoms with van der Waals surface area (Å²) >= 11 is 0. The summed E-state index contributed by atoms with van der Waals surface area (Å²) in [6, 6.07) is 14.5. The Labute approximate surface area is 152 Å². The van der Waals surface area contributed by atoms with Crippen LogP contribution in [0.5, 0.6) is 11.5 Å². The highest BCUT2D eigenvalue weighted by molar-refractivity contribution is 5.26. The lowest BCUT2D eigenvalue weighted by atomic mass is 10.1. The lowest BCUT2D eigenvalue weighted by Crippen LogP contribution is -3.00. The minimum absolute atomic E-state index is 0. The fraction of sp³-hybridized carbons (Fsp3) is 0.250. The Balaban J connectivity index is 0. The highest BCUT2D eigenvalue weighted by atomic mass is 79.9. The number of halogens is 2. The molecule has 6 heteroatoms. The predicted molar refractivity (Wildman–Crippen MR) is 79.1 cm³/mol. The SMILES string of the molecule is [Br-].[Br-].[NH3+]CCc1ccc(O)cc1.[NH3+]CCc1ccc(O)cc1. The molecule has 0 bridgehead atoms. The molecule has 22 heavy (non-hydrogen) atoms. The van der Waals surface area contributed by atoms with Crippen LogP contribution in [-0.4, -0.2) is 23.3 Å². The van der Waals surface area contributed by atoms with Gasteiger partial charge in [-0.15, -0.1) is 0 Å². The Kier molecular flexibility index (Phi) is 14.3. The summed E-state index contributed by atoms with van der Waals surface area (Å²) in [6.45, 7) is 1.82. The van der Waals surface area contributed by atoms with E-state index in [1.807, 2.05) is 24.3 Å². The Morgan fingerprint density at radius 1 is 0.591 bits per heavy atom. The first-order chi connectivity index (χ1) is 9.65. The highest BCUT2D eigenvalue weighted by Crippen LogP contribution is 2.09. The van der Waals surface area contributed by atoms with Gasteiger partial charge in [-0.2, -0.15) is 0 Å². The molecule has 0 unspecified atom stereocenters. The molecule has 0 saturated heterocycles. The van der Waals surface area contributed by atoms with Gasteiger partial charge in [-0.05, 0) is 35.4 Å². The Bertz CT molecular complexity index is 443. The lowest BCUT2D eigenvalue weighted by Gasteiger charge is -1.95. The number of aromatic hydroxyl groups is 2. The molecule has 0 atom stereocenters. The molecule has 2 aromatic carbocycles. The molecule has 2 rings (SSSR count). The first-order valence-corrected chi connectivity index (χ1v) is 6.80. The zero-order valence-electron chi connectivity index (χ0n) is 12.5. The lowest BCUT2D eigenvalue weighted by molar-refractivity contribution is -0.367. The van der Waals surface area contributed by atoms with E-state index in [0.29, 0.717) is 11.5 Å². The van der Waals surface area contributed by atoms with Crippen LogP contribution in [0.2, 0.25) is 0 Å². The average Bonchev–Trinajstić information content (AvgIpc) is 2.45. The maximum Gasteiger partial charge on any atom is 0.115 e. The van der Waals surface area contributed by atoms with E-state index >= 15 is 0 Å². The van der Waals surface area contributed by atoms with Crippen LogP contribution in [0.25, 0.3) is 0 Å². The molecule has 0 aliphatic rings. The summed E-state index contributed by atoms with van der Waals surface area (Å²) in [7, 11) is 0. The number of phenols is 2. The van der Waals surface area contributed by atoms with E-state index < -0.39 is 0 Å². The van der Waals surface area contributed by atoms with Crippen LogP contribution in [0.15, 0.2) is 48.5 Å². The van der Waals surface area contributed by atoms with Crippen molar-refractivity contribution in [2.45, 2.75) is 12.8 Å². The molecular weight excluding hydrogens is 412 g/mol. The molecule has 0 aromatic heterocycles. The van der Waals surface area contributed by atoms with Crippen LogP contribution in [0.1, 0.15) is 11.1 Å². The van der Waals surface area contributed by atoms with Crippen molar-refractivity contribution in [3.63, 3.8) is 0 Å². The molecule has 0 heterocycles. The van der Waals surface area contributed by atoms with Gasteiger partial charge in [0.1, 0.15) is 11.5 Å². The third kappa shape index (κ3) is 9.78. The van der Waals surface area contributed by atoms with Crippen molar-refractivity contribution in [1.82, 2.24) is 0 Å². The quantitative estimate of drug-likeness (QED) is 0.385. The molecule has 0 fully saturated rings. The van der Waals surface area contributed by atoms with Gasteiger partial charge >= 0.3 is 0 Å². The van der Waals surface area contributed by atoms with Crippen LogP contribution in [0.4, 0.5) is 0 Å². The number of quaternary nitrogens is 2. The third-order valence-electron chi connectivity index (χ3n) is 2.80. The van der Waals surface area contributed by atoms with Crippen molar-refractivity contribution >= 4 is 0 Å². The van der Waals surface area contributed by atoms with Crippen LogP contribution in [-0.2, 0) is 12.8 Å². The van der Waals surface area contributed by atoms with Gasteiger partial charge in [-0.1, -0.05) is 24.3 Å². The minimum atomic E-state index is 0. The summed E-state index contributed by atoms with van der Waals surface area (Å²) in [5, 5.41) is 17.8. The first-order valence-electron chi connectivity index (χ1n) is 6.80. The molecular formula is C16H24Br2N2O2. The van der Waals surface area contributed by atoms with Gasteiger partial charge in [0.05, 0.1) is 13.1 Å². The smallest absolute Gasteiger partial charge is 0.115 e. The van der Waals surface area contributed by atoms with Crippen LogP contribution >= 0.6 is 0 Å². The zero-order valence-corrected chi connectivity index (χ0v) is 15.7. The van der Waals surface area contributed by atoms with Gasteiger partial charge in [-0.3, -0.25) is 0 Å². The van der Waals surface area contributed by atoms with E-state index in [1.54, 1.807) is 24.3 Å². The Hall–Kier alpha value is -1.08. The minimum Gasteiger partial charge on any atom is -1.00 e. The maximum absolute atomic E-state index is 8.91. The summed E-state index contributed by atoms with van der Waals surface area (Å²) in [6.07, 6.45) is 1.97. The van der Waals surface area contributed by atoms with Crippen molar-refractivity contribution in [2.24, 2.45) is 0 Å². The van der Waals surface area contributed by atoms with Gasteiger partial charge in [0.25, 0.3) is 0 Å². The van der Waals surface area contributed by atoms with Gasteiger partial charge in [-0.25, -0.2) is 0 Å². The molecule has 4 nitrogen and oxygen atoms in total. The topological polar surface area (TPSA) is 95.7 Å². The van der Waals surface area contributed by atoms with Crippen LogP contribution in [0.3, 0.4) is 0 Å². The van der Waals surface area contributed by atoms with Crippen molar-refractivity contribution in [1.29, 1.82) is 0 Å². The number of phenolic OH excluding ortho intramolecular Hbond substituents is 2. The second-order valence-electron chi connectivity index (χ2n) is 4.54. The summed E-state index contributed by atoms with van der Waals surface area (Å²) in [5.41, 5.74) is 9.94. The van der Waals surface area contributed by atoms with Crippen LogP contribution in [0, 0.1) is 0 Å². The van der Waals surface area contributed by atoms with E-state index in [9.17, 15) is 0 Å². The second-order valence-corrected chi connectivity index (χ2v) is 4.54. The monoisotopic (exact) mass is 434 g/mol. The van der Waals surface area contributed by atoms with Crippen molar-refractivity contribution < 1.29 is 55.6 Å². The van der Waals surface area contributed by atoms with Crippen molar-refractivity contribution in [3.05, 3.63) is 59.7 Å². The number of rotatable bonds is 4. The second kappa shape index (κ2) is 13.6. The van der Waals surface area contributed by atoms with Gasteiger partial charge in [0, 0.05) is 12.8 Å². The molecule has 8 N–H and O–H groups in total. The van der Waals surface area contributed by atoms with E-state index in [1.165, 1.54) is 11.1 Å². The van der Waals surface area contributed by atoms with Crippen molar-refractivity contribution in [3.8, 4) is 11.5 Å². The van der Waals surface area contributed by atoms with Crippen LogP contribution < -0.4 is 45.4 Å². The molecule has 124 valence electrons. The fourth-order valence-electron chi connectivity index (χ4n) is 1.73. The zero-order chi connectivity index (χ0) is 14.8. The molecule has 0 aliphatic carbocycles. The van der Waals surface area contributed by atoms with Gasteiger partial charge in [0.15, 0.2) is 0 Å². The summed E-state index contributed by atoms with van der Waals surface area (Å²) in [5.74, 6) is 0.653. The molecule has 2 aromatic rings. The van der Waals surface area contributed by atoms with E-state index in [-0.39, 0.29) is 34.0 Å². The third-order valence-corrected chi connectivity index (χ3v) is 2.80. The van der Waals surface area contributed by atoms with E-state index in [4.69, 9.17) is 10.2 Å². The predicted octanol–water partition coefficient (Wildman–Crippen LogP) is -5.64. The first kappa shape index (κ1) is 23.2. The fourth-order valence-corrected chi connectivity index (χ4v) is 1.73. The number of benzene rings is 2. The Morgan fingerprint density at radius 3 is 1.09 bits per heavy atom. The normalized spacial score (nSPS) is 8.82. The molecule has 0 saturated carbocycles. The number of hydrogen-bond acceptors (Lipinski definition) is 2. The average molecular weight is 436 g/mol. The van der Waals surface area contributed by atoms with Gasteiger partial charge in [0.2, 0.25) is 0 Å². The molecule has 0 radical (unpaired) electrons. The summed E-state index contributed by atoms with van der Waals surface area (Å²) in [4.78, 5) is 0. The Morgan fingerprint density at radius 2 is 0.864 bits per heavy atom. The molecule has 0 amide bonds. The standard InChI is InChI=1S/2C8H11NO.2BrH/c2*9-6-5-7-1-3-8(10)4-2-7;;/h2*1-4,10H,5-6,9H2;2*1H. The van der Waals surface area contributed by atoms with Crippen molar-refractivity contribution in [2.75, 3.05) is 13.1 Å². The highest BCUT2D eigenvalue weighted by Gasteiger charge is 1.91. The van der Waals surface area contributed by atoms with E-state index in [0.717, 1.165) is 25.9 Å². The molecule has 0 spiro atoms. The van der Waals surface area contributed by atoms with E-state index in [2.05, 4.69) is 11.5 Å². The summed E-state index contributed by atoms with van der Waals surface area (Å²) < 4.78 is 0. The maximum atomic E-state index is 8.91. The van der Waals surface area contributed by atoms with Gasteiger partial charge < -0.3 is 55.6 Å². The molecule has 0 aliphatic heterocycles.